The van der Waals surface area contributed by atoms with E-state index in [1.165, 1.54) is 0 Å². The number of hydrogen-bond donors (Lipinski definition) is 1. The second-order valence-corrected chi connectivity index (χ2v) is 21.1. The van der Waals surface area contributed by atoms with E-state index in [1.54, 1.807) is 0 Å². The van der Waals surface area contributed by atoms with E-state index in [9.17, 15) is 5.11 Å². The third-order valence-electron chi connectivity index (χ3n) is 7.13. The molecule has 1 aliphatic carbocycles. The SMILES string of the molecule is CC(C)[Si](OC1CC(O)CC1CO[Si](C)(C)C(C)(C)C)(C(C)C)C(C)C. The van der Waals surface area contributed by atoms with E-state index < -0.39 is 16.6 Å². The van der Waals surface area contributed by atoms with E-state index in [0.717, 1.165) is 19.4 Å². The van der Waals surface area contributed by atoms with Gasteiger partial charge in [-0.1, -0.05) is 62.3 Å². The number of rotatable bonds is 8. The highest BCUT2D eigenvalue weighted by Crippen LogP contribution is 2.46. The Labute approximate surface area is 165 Å². The van der Waals surface area contributed by atoms with Gasteiger partial charge in [-0.15, -0.1) is 0 Å². The zero-order chi connectivity index (χ0) is 20.5. The van der Waals surface area contributed by atoms with Crippen LogP contribution < -0.4 is 0 Å². The van der Waals surface area contributed by atoms with Crippen molar-refractivity contribution in [3.63, 3.8) is 0 Å². The van der Waals surface area contributed by atoms with E-state index in [1.807, 2.05) is 0 Å². The molecule has 3 atom stereocenters. The molecule has 0 heterocycles. The molecule has 5 heteroatoms. The molecule has 1 fully saturated rings. The lowest BCUT2D eigenvalue weighted by atomic mass is 10.1. The average molecular weight is 403 g/mol. The van der Waals surface area contributed by atoms with Crippen LogP contribution in [0.5, 0.6) is 0 Å². The lowest BCUT2D eigenvalue weighted by Gasteiger charge is -2.45. The normalized spacial score (nSPS) is 25.7. The summed E-state index contributed by atoms with van der Waals surface area (Å²) in [5.74, 6) is 0.322. The highest BCUT2D eigenvalue weighted by atomic mass is 28.4. The molecule has 0 aromatic carbocycles. The second-order valence-electron chi connectivity index (χ2n) is 10.9. The molecule has 1 rings (SSSR count). The van der Waals surface area contributed by atoms with Crippen LogP contribution in [0.4, 0.5) is 0 Å². The fourth-order valence-corrected chi connectivity index (χ4v) is 11.3. The summed E-state index contributed by atoms with van der Waals surface area (Å²) in [5, 5.41) is 10.6. The monoisotopic (exact) mass is 402 g/mol. The van der Waals surface area contributed by atoms with E-state index in [2.05, 4.69) is 75.4 Å². The van der Waals surface area contributed by atoms with Gasteiger partial charge >= 0.3 is 0 Å². The molecule has 0 bridgehead atoms. The van der Waals surface area contributed by atoms with Crippen LogP contribution in [-0.2, 0) is 8.85 Å². The summed E-state index contributed by atoms with van der Waals surface area (Å²) in [5.41, 5.74) is 1.71. The molecule has 3 nitrogen and oxygen atoms in total. The highest BCUT2D eigenvalue weighted by molar-refractivity contribution is 6.77. The minimum absolute atomic E-state index is 0.147. The van der Waals surface area contributed by atoms with Gasteiger partial charge in [0.1, 0.15) is 0 Å². The Morgan fingerprint density at radius 1 is 0.923 bits per heavy atom. The van der Waals surface area contributed by atoms with Gasteiger partial charge in [0.25, 0.3) is 0 Å². The van der Waals surface area contributed by atoms with Crippen LogP contribution in [0.25, 0.3) is 0 Å². The van der Waals surface area contributed by atoms with Crippen LogP contribution in [0.1, 0.15) is 75.2 Å². The van der Waals surface area contributed by atoms with E-state index in [-0.39, 0.29) is 17.2 Å². The first-order valence-electron chi connectivity index (χ1n) is 10.6. The van der Waals surface area contributed by atoms with Crippen molar-refractivity contribution in [2.45, 2.75) is 122 Å². The number of hydrogen-bond acceptors (Lipinski definition) is 3. The maximum absolute atomic E-state index is 10.4. The Balaban J connectivity index is 2.96. The summed E-state index contributed by atoms with van der Waals surface area (Å²) in [7, 11) is -3.70. The van der Waals surface area contributed by atoms with Crippen LogP contribution >= 0.6 is 0 Å². The minimum Gasteiger partial charge on any atom is -0.416 e. The highest BCUT2D eigenvalue weighted by Gasteiger charge is 2.49. The smallest absolute Gasteiger partial charge is 0.200 e. The molecule has 1 saturated carbocycles. The molecular formula is C21H46O3Si2. The Kier molecular flexibility index (Phi) is 8.21. The summed E-state index contributed by atoms with van der Waals surface area (Å²) in [4.78, 5) is 0. The van der Waals surface area contributed by atoms with Crippen molar-refractivity contribution in [1.82, 2.24) is 0 Å². The van der Waals surface area contributed by atoms with Gasteiger partial charge in [0.2, 0.25) is 8.32 Å². The van der Waals surface area contributed by atoms with Crippen molar-refractivity contribution >= 4 is 16.6 Å². The largest absolute Gasteiger partial charge is 0.416 e. The fraction of sp³-hybridized carbons (Fsp3) is 1.00. The standard InChI is InChI=1S/C21H46O3Si2/c1-15(2)26(16(3)4,17(5)6)24-20-13-19(22)12-18(20)14-23-25(10,11)21(7,8)9/h15-20,22H,12-14H2,1-11H3. The van der Waals surface area contributed by atoms with Crippen LogP contribution in [0, 0.1) is 5.92 Å². The molecule has 0 saturated heterocycles. The van der Waals surface area contributed by atoms with Crippen LogP contribution in [0.15, 0.2) is 0 Å². The lowest BCUT2D eigenvalue weighted by Crippen LogP contribution is -2.51. The molecule has 1 aliphatic rings. The van der Waals surface area contributed by atoms with Crippen molar-refractivity contribution < 1.29 is 14.0 Å². The first-order valence-corrected chi connectivity index (χ1v) is 15.7. The lowest BCUT2D eigenvalue weighted by molar-refractivity contribution is 0.0954. The zero-order valence-electron chi connectivity index (χ0n) is 19.3. The molecule has 0 amide bonds. The maximum atomic E-state index is 10.4. The van der Waals surface area contributed by atoms with Crippen LogP contribution in [0.2, 0.25) is 34.8 Å². The Morgan fingerprint density at radius 2 is 1.38 bits per heavy atom. The van der Waals surface area contributed by atoms with Crippen LogP contribution in [0.3, 0.4) is 0 Å². The van der Waals surface area contributed by atoms with Crippen molar-refractivity contribution in [3.05, 3.63) is 0 Å². The molecule has 0 radical (unpaired) electrons. The molecule has 3 unspecified atom stereocenters. The third kappa shape index (κ3) is 5.22. The second kappa shape index (κ2) is 8.77. The van der Waals surface area contributed by atoms with E-state index in [4.69, 9.17) is 8.85 Å². The van der Waals surface area contributed by atoms with Gasteiger partial charge in [-0.05, 0) is 47.6 Å². The Bertz CT molecular complexity index is 419. The topological polar surface area (TPSA) is 38.7 Å². The molecule has 0 aromatic heterocycles. The Morgan fingerprint density at radius 3 is 1.77 bits per heavy atom. The van der Waals surface area contributed by atoms with Gasteiger partial charge in [0.15, 0.2) is 8.32 Å². The molecule has 0 aromatic rings. The van der Waals surface area contributed by atoms with Crippen molar-refractivity contribution in [2.75, 3.05) is 6.61 Å². The summed E-state index contributed by atoms with van der Waals surface area (Å²) >= 11 is 0. The van der Waals surface area contributed by atoms with Crippen molar-refractivity contribution in [2.24, 2.45) is 5.92 Å². The molecule has 0 spiro atoms. The zero-order valence-corrected chi connectivity index (χ0v) is 21.3. The molecule has 156 valence electrons. The first kappa shape index (κ1) is 24.4. The van der Waals surface area contributed by atoms with Crippen LogP contribution in [-0.4, -0.2) is 40.6 Å². The quantitative estimate of drug-likeness (QED) is 0.481. The average Bonchev–Trinajstić information content (AvgIpc) is 2.80. The maximum Gasteiger partial charge on any atom is 0.200 e. The van der Waals surface area contributed by atoms with E-state index >= 15 is 0 Å². The predicted molar refractivity (Wildman–Crippen MR) is 118 cm³/mol. The van der Waals surface area contributed by atoms with E-state index in [0.29, 0.717) is 22.5 Å². The molecule has 0 aliphatic heterocycles. The first-order chi connectivity index (χ1) is 11.6. The van der Waals surface area contributed by atoms with Gasteiger partial charge in [0, 0.05) is 12.5 Å². The summed E-state index contributed by atoms with van der Waals surface area (Å²) < 4.78 is 13.5. The Hall–Kier alpha value is 0.314. The predicted octanol–water partition coefficient (Wildman–Crippen LogP) is 6.34. The van der Waals surface area contributed by atoms with Gasteiger partial charge in [-0.3, -0.25) is 0 Å². The molecule has 1 N–H and O–H groups in total. The summed E-state index contributed by atoms with van der Waals surface area (Å²) in [6.45, 7) is 26.2. The van der Waals surface area contributed by atoms with Gasteiger partial charge in [0.05, 0.1) is 12.2 Å². The van der Waals surface area contributed by atoms with Crippen molar-refractivity contribution in [3.8, 4) is 0 Å². The van der Waals surface area contributed by atoms with Gasteiger partial charge < -0.3 is 14.0 Å². The fourth-order valence-electron chi connectivity index (χ4n) is 4.58. The summed E-state index contributed by atoms with van der Waals surface area (Å²) in [6, 6.07) is 0. The minimum atomic E-state index is -1.93. The number of aliphatic hydroxyl groups excluding tert-OH is 1. The molecule has 26 heavy (non-hydrogen) atoms. The van der Waals surface area contributed by atoms with Gasteiger partial charge in [-0.2, -0.15) is 0 Å². The van der Waals surface area contributed by atoms with Gasteiger partial charge in [-0.25, -0.2) is 0 Å². The molecular weight excluding hydrogens is 356 g/mol. The third-order valence-corrected chi connectivity index (χ3v) is 17.8. The van der Waals surface area contributed by atoms with Crippen molar-refractivity contribution in [1.29, 1.82) is 0 Å². The number of aliphatic hydroxyl groups is 1. The summed E-state index contributed by atoms with van der Waals surface area (Å²) in [6.07, 6.45) is 1.49.